The topological polar surface area (TPSA) is 59.3 Å². The standard InChI is InChI=1S/C8H9NO3S/c1-9-5(4-2-3-4)6(7(10)11)13-8(9)12/h4H,2-3H2,1H3,(H,10,11). The molecule has 0 spiro atoms. The number of carbonyl (C=O) groups is 1. The second kappa shape index (κ2) is 2.70. The number of carboxylic acid groups (broad SMARTS) is 1. The Labute approximate surface area is 78.4 Å². The smallest absolute Gasteiger partial charge is 0.347 e. The molecular weight excluding hydrogens is 190 g/mol. The molecule has 13 heavy (non-hydrogen) atoms. The van der Waals surface area contributed by atoms with E-state index in [4.69, 9.17) is 5.11 Å². The summed E-state index contributed by atoms with van der Waals surface area (Å²) >= 11 is 0.825. The van der Waals surface area contributed by atoms with Gasteiger partial charge in [-0.2, -0.15) is 0 Å². The van der Waals surface area contributed by atoms with Crippen LogP contribution in [-0.4, -0.2) is 15.6 Å². The minimum atomic E-state index is -0.982. The molecule has 0 amide bonds. The van der Waals surface area contributed by atoms with Crippen molar-refractivity contribution < 1.29 is 9.90 Å². The van der Waals surface area contributed by atoms with Crippen molar-refractivity contribution in [3.8, 4) is 0 Å². The van der Waals surface area contributed by atoms with Gasteiger partial charge in [0.2, 0.25) is 0 Å². The van der Waals surface area contributed by atoms with Crippen LogP contribution in [0.25, 0.3) is 0 Å². The number of thiazole rings is 1. The molecule has 70 valence electrons. The van der Waals surface area contributed by atoms with Gasteiger partial charge in [-0.15, -0.1) is 0 Å². The lowest BCUT2D eigenvalue weighted by Gasteiger charge is -1.99. The lowest BCUT2D eigenvalue weighted by atomic mass is 10.2. The zero-order chi connectivity index (χ0) is 9.59. The minimum absolute atomic E-state index is 0.181. The molecule has 1 aromatic heterocycles. The van der Waals surface area contributed by atoms with E-state index in [-0.39, 0.29) is 9.75 Å². The first-order chi connectivity index (χ1) is 6.11. The average molecular weight is 199 g/mol. The highest BCUT2D eigenvalue weighted by molar-refractivity contribution is 7.11. The highest BCUT2D eigenvalue weighted by atomic mass is 32.1. The summed E-state index contributed by atoms with van der Waals surface area (Å²) in [6.07, 6.45) is 2.01. The van der Waals surface area contributed by atoms with Crippen molar-refractivity contribution >= 4 is 17.3 Å². The zero-order valence-electron chi connectivity index (χ0n) is 7.11. The van der Waals surface area contributed by atoms with Gasteiger partial charge in [-0.25, -0.2) is 4.79 Å². The van der Waals surface area contributed by atoms with Crippen LogP contribution in [0.3, 0.4) is 0 Å². The highest BCUT2D eigenvalue weighted by Gasteiger charge is 2.32. The van der Waals surface area contributed by atoms with Crippen LogP contribution < -0.4 is 4.87 Å². The minimum Gasteiger partial charge on any atom is -0.477 e. The highest BCUT2D eigenvalue weighted by Crippen LogP contribution is 2.41. The van der Waals surface area contributed by atoms with Gasteiger partial charge in [0.05, 0.1) is 0 Å². The predicted molar refractivity (Wildman–Crippen MR) is 48.5 cm³/mol. The molecule has 0 unspecified atom stereocenters. The average Bonchev–Trinajstić information content (AvgIpc) is 2.82. The molecule has 0 aromatic carbocycles. The molecule has 0 saturated heterocycles. The summed E-state index contributed by atoms with van der Waals surface area (Å²) in [5.41, 5.74) is 0.711. The normalized spacial score (nSPS) is 16.1. The van der Waals surface area contributed by atoms with Crippen LogP contribution in [0.15, 0.2) is 4.79 Å². The van der Waals surface area contributed by atoms with Gasteiger partial charge < -0.3 is 9.67 Å². The molecule has 1 N–H and O–H groups in total. The van der Waals surface area contributed by atoms with E-state index < -0.39 is 5.97 Å². The molecule has 4 nitrogen and oxygen atoms in total. The van der Waals surface area contributed by atoms with Gasteiger partial charge >= 0.3 is 10.8 Å². The van der Waals surface area contributed by atoms with Gasteiger partial charge in [0.15, 0.2) is 0 Å². The summed E-state index contributed by atoms with van der Waals surface area (Å²) in [7, 11) is 1.64. The fraction of sp³-hybridized carbons (Fsp3) is 0.500. The van der Waals surface area contributed by atoms with Gasteiger partial charge in [-0.05, 0) is 12.8 Å². The monoisotopic (exact) mass is 199 g/mol. The summed E-state index contributed by atoms with van der Waals surface area (Å²) in [5, 5.41) is 8.84. The maximum atomic E-state index is 11.2. The van der Waals surface area contributed by atoms with Crippen LogP contribution in [0.4, 0.5) is 0 Å². The second-order valence-corrected chi connectivity index (χ2v) is 4.18. The predicted octanol–water partition coefficient (Wildman–Crippen LogP) is 1.02. The van der Waals surface area contributed by atoms with E-state index in [1.807, 2.05) is 0 Å². The number of nitrogens with zero attached hydrogens (tertiary/aromatic N) is 1. The van der Waals surface area contributed by atoms with Crippen LogP contribution >= 0.6 is 11.3 Å². The molecule has 1 heterocycles. The van der Waals surface area contributed by atoms with Crippen molar-refractivity contribution in [2.45, 2.75) is 18.8 Å². The summed E-state index contributed by atoms with van der Waals surface area (Å²) in [5.74, 6) is -0.681. The van der Waals surface area contributed by atoms with E-state index in [9.17, 15) is 9.59 Å². The number of rotatable bonds is 2. The summed E-state index contributed by atoms with van der Waals surface area (Å²) in [6.45, 7) is 0. The Morgan fingerprint density at radius 2 is 2.23 bits per heavy atom. The Kier molecular flexibility index (Phi) is 1.76. The van der Waals surface area contributed by atoms with E-state index in [0.29, 0.717) is 11.6 Å². The van der Waals surface area contributed by atoms with E-state index in [2.05, 4.69) is 0 Å². The van der Waals surface area contributed by atoms with Crippen LogP contribution in [0.5, 0.6) is 0 Å². The molecule has 0 aliphatic heterocycles. The van der Waals surface area contributed by atoms with Gasteiger partial charge in [0.1, 0.15) is 4.88 Å². The lowest BCUT2D eigenvalue weighted by molar-refractivity contribution is 0.0700. The molecule has 5 heteroatoms. The van der Waals surface area contributed by atoms with Crippen molar-refractivity contribution in [3.05, 3.63) is 20.2 Å². The van der Waals surface area contributed by atoms with Gasteiger partial charge in [-0.3, -0.25) is 4.79 Å². The fourth-order valence-corrected chi connectivity index (χ4v) is 2.33. The summed E-state index contributed by atoms with van der Waals surface area (Å²) in [4.78, 5) is 22.0. The number of aromatic carboxylic acids is 1. The van der Waals surface area contributed by atoms with Crippen molar-refractivity contribution in [2.75, 3.05) is 0 Å². The Morgan fingerprint density at radius 1 is 1.62 bits per heavy atom. The van der Waals surface area contributed by atoms with Crippen LogP contribution in [0.1, 0.15) is 34.1 Å². The SMILES string of the molecule is Cn1c(C2CC2)c(C(=O)O)sc1=O. The Bertz CT molecular complexity index is 414. The summed E-state index contributed by atoms with van der Waals surface area (Å²) in [6, 6.07) is 0. The third-order valence-electron chi connectivity index (χ3n) is 2.22. The zero-order valence-corrected chi connectivity index (χ0v) is 7.93. The second-order valence-electron chi connectivity index (χ2n) is 3.22. The number of carboxylic acids is 1. The fourth-order valence-electron chi connectivity index (χ4n) is 1.43. The Balaban J connectivity index is 2.60. The van der Waals surface area contributed by atoms with Crippen LogP contribution in [0.2, 0.25) is 0 Å². The van der Waals surface area contributed by atoms with Gasteiger partial charge in [0, 0.05) is 18.7 Å². The number of aromatic nitrogens is 1. The molecular formula is C8H9NO3S. The first-order valence-electron chi connectivity index (χ1n) is 4.04. The van der Waals surface area contributed by atoms with E-state index in [1.54, 1.807) is 7.05 Å². The third kappa shape index (κ3) is 1.29. The van der Waals surface area contributed by atoms with Crippen molar-refractivity contribution in [1.82, 2.24) is 4.57 Å². The van der Waals surface area contributed by atoms with Crippen molar-refractivity contribution in [1.29, 1.82) is 0 Å². The molecule has 1 saturated carbocycles. The maximum absolute atomic E-state index is 11.2. The van der Waals surface area contributed by atoms with Gasteiger partial charge in [0.25, 0.3) is 0 Å². The molecule has 0 radical (unpaired) electrons. The molecule has 1 aromatic rings. The van der Waals surface area contributed by atoms with Gasteiger partial charge in [-0.1, -0.05) is 11.3 Å². The molecule has 0 bridgehead atoms. The first kappa shape index (κ1) is 8.50. The summed E-state index contributed by atoms with van der Waals surface area (Å²) < 4.78 is 1.46. The van der Waals surface area contributed by atoms with Crippen LogP contribution in [-0.2, 0) is 7.05 Å². The quantitative estimate of drug-likeness (QED) is 0.773. The molecule has 1 fully saturated rings. The number of hydrogen-bond donors (Lipinski definition) is 1. The maximum Gasteiger partial charge on any atom is 0.347 e. The molecule has 1 aliphatic rings. The molecule has 2 rings (SSSR count). The van der Waals surface area contributed by atoms with E-state index in [1.165, 1.54) is 4.57 Å². The third-order valence-corrected chi connectivity index (χ3v) is 3.25. The molecule has 0 atom stereocenters. The van der Waals surface area contributed by atoms with E-state index >= 15 is 0 Å². The Hall–Kier alpha value is -1.10. The van der Waals surface area contributed by atoms with Crippen LogP contribution in [0, 0.1) is 0 Å². The van der Waals surface area contributed by atoms with Crippen molar-refractivity contribution in [3.63, 3.8) is 0 Å². The van der Waals surface area contributed by atoms with Crippen molar-refractivity contribution in [2.24, 2.45) is 7.05 Å². The Morgan fingerprint density at radius 3 is 2.69 bits per heavy atom. The number of hydrogen-bond acceptors (Lipinski definition) is 3. The lowest BCUT2D eigenvalue weighted by Crippen LogP contribution is -2.10. The van der Waals surface area contributed by atoms with E-state index in [0.717, 1.165) is 24.2 Å². The largest absolute Gasteiger partial charge is 0.477 e. The molecule has 1 aliphatic carbocycles. The first-order valence-corrected chi connectivity index (χ1v) is 4.86.